The van der Waals surface area contributed by atoms with Crippen LogP contribution >= 0.6 is 0 Å². The molecule has 0 aliphatic rings. The Morgan fingerprint density at radius 3 is 1.00 bits per heavy atom. The SMILES string of the molecule is CCCC/C=C\CCCCCCCC(=O)OC[C@H](COC(=O)CCCCCCCCC/C=C\CCCCCCCCCC)OC(=O)CCC/C=C\C/C=C\C/C=C\C/C=C\CCCCC. The van der Waals surface area contributed by atoms with Crippen molar-refractivity contribution in [2.75, 3.05) is 13.2 Å². The Labute approximate surface area is 402 Å². The molecule has 0 unspecified atom stereocenters. The van der Waals surface area contributed by atoms with E-state index in [9.17, 15) is 14.4 Å². The highest BCUT2D eigenvalue weighted by Gasteiger charge is 2.19. The van der Waals surface area contributed by atoms with Gasteiger partial charge in [0.2, 0.25) is 0 Å². The Hall–Kier alpha value is -3.15. The number of hydrogen-bond donors (Lipinski definition) is 0. The highest BCUT2D eigenvalue weighted by molar-refractivity contribution is 5.71. The van der Waals surface area contributed by atoms with Crippen molar-refractivity contribution in [2.45, 2.75) is 271 Å². The maximum atomic E-state index is 12.8. The Kier molecular flexibility index (Phi) is 50.9. The summed E-state index contributed by atoms with van der Waals surface area (Å²) in [6, 6.07) is 0. The van der Waals surface area contributed by atoms with E-state index in [1.807, 2.05) is 0 Å². The lowest BCUT2D eigenvalue weighted by Gasteiger charge is -2.18. The predicted octanol–water partition coefficient (Wildman–Crippen LogP) is 18.2. The molecule has 0 saturated heterocycles. The summed E-state index contributed by atoms with van der Waals surface area (Å²) in [7, 11) is 0. The second-order valence-corrected chi connectivity index (χ2v) is 18.1. The molecule has 0 aromatic heterocycles. The van der Waals surface area contributed by atoms with E-state index in [2.05, 4.69) is 93.7 Å². The third-order valence-corrected chi connectivity index (χ3v) is 11.7. The second-order valence-electron chi connectivity index (χ2n) is 18.1. The lowest BCUT2D eigenvalue weighted by atomic mass is 10.1. The molecule has 374 valence electrons. The van der Waals surface area contributed by atoms with Crippen molar-refractivity contribution in [3.63, 3.8) is 0 Å². The van der Waals surface area contributed by atoms with Crippen molar-refractivity contribution >= 4 is 17.9 Å². The second kappa shape index (κ2) is 53.5. The van der Waals surface area contributed by atoms with Gasteiger partial charge < -0.3 is 14.2 Å². The molecule has 0 aliphatic heterocycles. The first-order valence-electron chi connectivity index (χ1n) is 27.4. The highest BCUT2D eigenvalue weighted by Crippen LogP contribution is 2.14. The third kappa shape index (κ3) is 51.7. The van der Waals surface area contributed by atoms with Gasteiger partial charge in [-0.2, -0.15) is 0 Å². The van der Waals surface area contributed by atoms with E-state index in [1.54, 1.807) is 0 Å². The molecule has 0 N–H and O–H groups in total. The molecular formula is C59H102O6. The largest absolute Gasteiger partial charge is 0.462 e. The van der Waals surface area contributed by atoms with Gasteiger partial charge in [-0.15, -0.1) is 0 Å². The molecule has 0 spiro atoms. The fraction of sp³-hybridized carbons (Fsp3) is 0.746. The molecule has 0 aromatic rings. The summed E-state index contributed by atoms with van der Waals surface area (Å²) in [5, 5.41) is 0. The lowest BCUT2D eigenvalue weighted by molar-refractivity contribution is -0.167. The minimum atomic E-state index is -0.808. The molecule has 0 radical (unpaired) electrons. The first kappa shape index (κ1) is 61.9. The molecule has 6 heteroatoms. The number of ether oxygens (including phenoxy) is 3. The summed E-state index contributed by atoms with van der Waals surface area (Å²) >= 11 is 0. The molecule has 65 heavy (non-hydrogen) atoms. The van der Waals surface area contributed by atoms with Crippen molar-refractivity contribution in [1.29, 1.82) is 0 Å². The van der Waals surface area contributed by atoms with E-state index in [-0.39, 0.29) is 37.5 Å². The van der Waals surface area contributed by atoms with Crippen LogP contribution in [0.15, 0.2) is 72.9 Å². The van der Waals surface area contributed by atoms with Gasteiger partial charge in [0.05, 0.1) is 0 Å². The molecule has 6 nitrogen and oxygen atoms in total. The number of esters is 3. The van der Waals surface area contributed by atoms with E-state index in [1.165, 1.54) is 141 Å². The van der Waals surface area contributed by atoms with Gasteiger partial charge in [0.15, 0.2) is 6.10 Å². The monoisotopic (exact) mass is 907 g/mol. The molecule has 0 fully saturated rings. The van der Waals surface area contributed by atoms with Gasteiger partial charge >= 0.3 is 17.9 Å². The summed E-state index contributed by atoms with van der Waals surface area (Å²) in [5.41, 5.74) is 0. The van der Waals surface area contributed by atoms with Gasteiger partial charge in [-0.05, 0) is 103 Å². The van der Waals surface area contributed by atoms with Crippen molar-refractivity contribution in [3.05, 3.63) is 72.9 Å². The zero-order valence-corrected chi connectivity index (χ0v) is 42.7. The molecule has 0 bridgehead atoms. The first-order chi connectivity index (χ1) is 32.0. The number of allylic oxidation sites excluding steroid dienone is 12. The highest BCUT2D eigenvalue weighted by atomic mass is 16.6. The molecule has 0 amide bonds. The summed E-state index contributed by atoms with van der Waals surface area (Å²) in [6.45, 7) is 6.52. The summed E-state index contributed by atoms with van der Waals surface area (Å²) in [5.74, 6) is -0.969. The Morgan fingerprint density at radius 2 is 0.585 bits per heavy atom. The van der Waals surface area contributed by atoms with Crippen molar-refractivity contribution in [3.8, 4) is 0 Å². The third-order valence-electron chi connectivity index (χ3n) is 11.7. The number of carbonyl (C=O) groups is 3. The minimum Gasteiger partial charge on any atom is -0.462 e. The number of hydrogen-bond acceptors (Lipinski definition) is 6. The number of rotatable bonds is 49. The molecule has 0 heterocycles. The van der Waals surface area contributed by atoms with Gasteiger partial charge in [-0.25, -0.2) is 0 Å². The zero-order valence-electron chi connectivity index (χ0n) is 42.7. The Bertz CT molecular complexity index is 1230. The quantitative estimate of drug-likeness (QED) is 0.0262. The smallest absolute Gasteiger partial charge is 0.306 e. The maximum Gasteiger partial charge on any atom is 0.306 e. The van der Waals surface area contributed by atoms with Crippen molar-refractivity contribution in [1.82, 2.24) is 0 Å². The van der Waals surface area contributed by atoms with E-state index in [0.29, 0.717) is 19.3 Å². The van der Waals surface area contributed by atoms with Crippen molar-refractivity contribution in [2.24, 2.45) is 0 Å². The van der Waals surface area contributed by atoms with Crippen LogP contribution in [0.5, 0.6) is 0 Å². The van der Waals surface area contributed by atoms with Crippen LogP contribution in [0.4, 0.5) is 0 Å². The van der Waals surface area contributed by atoms with Gasteiger partial charge in [0.1, 0.15) is 13.2 Å². The Balaban J connectivity index is 4.43. The predicted molar refractivity (Wildman–Crippen MR) is 279 cm³/mol. The fourth-order valence-electron chi connectivity index (χ4n) is 7.47. The summed E-state index contributed by atoms with van der Waals surface area (Å²) in [4.78, 5) is 38.0. The molecule has 0 aromatic carbocycles. The molecule has 0 aliphatic carbocycles. The summed E-state index contributed by atoms with van der Waals surface area (Å²) < 4.78 is 16.8. The first-order valence-corrected chi connectivity index (χ1v) is 27.4. The van der Waals surface area contributed by atoms with Crippen LogP contribution in [0.2, 0.25) is 0 Å². The van der Waals surface area contributed by atoms with Gasteiger partial charge in [-0.1, -0.05) is 216 Å². The maximum absolute atomic E-state index is 12.8. The molecule has 1 atom stereocenters. The molecule has 0 rings (SSSR count). The average molecular weight is 907 g/mol. The van der Waals surface area contributed by atoms with Crippen LogP contribution < -0.4 is 0 Å². The minimum absolute atomic E-state index is 0.102. The van der Waals surface area contributed by atoms with Crippen LogP contribution in [0.1, 0.15) is 265 Å². The van der Waals surface area contributed by atoms with Crippen LogP contribution in [-0.4, -0.2) is 37.2 Å². The standard InChI is InChI=1S/C59H102O6/c1-4-7-10-13-16-19-22-24-26-28-29-31-32-34-37-40-43-46-49-52-58(61)64-55-56(54-63-57(60)51-48-45-42-39-36-21-18-15-12-9-6-3)65-59(62)53-50-47-44-41-38-35-33-30-27-25-23-20-17-14-11-8-5-2/h15,17-18,20,25,27-29,33,35,41,44,56H,4-14,16,19,21-24,26,30-32,34,36-40,42-43,45-55H2,1-3H3/b18-15-,20-17-,27-25-,29-28-,35-33-,44-41-/t56-/m1/s1. The number of unbranched alkanes of at least 4 members (excludes halogenated alkanes) is 26. The van der Waals surface area contributed by atoms with Crippen LogP contribution in [0.25, 0.3) is 0 Å². The van der Waals surface area contributed by atoms with Gasteiger partial charge in [0, 0.05) is 19.3 Å². The van der Waals surface area contributed by atoms with Crippen LogP contribution in [0, 0.1) is 0 Å². The zero-order chi connectivity index (χ0) is 47.2. The van der Waals surface area contributed by atoms with E-state index in [4.69, 9.17) is 14.2 Å². The average Bonchev–Trinajstić information content (AvgIpc) is 3.30. The Morgan fingerprint density at radius 1 is 0.308 bits per heavy atom. The van der Waals surface area contributed by atoms with E-state index in [0.717, 1.165) is 77.0 Å². The molecular weight excluding hydrogens is 805 g/mol. The van der Waals surface area contributed by atoms with Crippen LogP contribution in [-0.2, 0) is 28.6 Å². The number of carbonyl (C=O) groups excluding carboxylic acids is 3. The normalized spacial score (nSPS) is 12.6. The van der Waals surface area contributed by atoms with Gasteiger partial charge in [-0.3, -0.25) is 14.4 Å². The van der Waals surface area contributed by atoms with E-state index >= 15 is 0 Å². The van der Waals surface area contributed by atoms with E-state index < -0.39 is 6.10 Å². The molecule has 0 saturated carbocycles. The lowest BCUT2D eigenvalue weighted by Crippen LogP contribution is -2.30. The topological polar surface area (TPSA) is 78.9 Å². The van der Waals surface area contributed by atoms with Crippen molar-refractivity contribution < 1.29 is 28.6 Å². The summed E-state index contributed by atoms with van der Waals surface area (Å²) in [6.07, 6.45) is 67.5. The van der Waals surface area contributed by atoms with Gasteiger partial charge in [0.25, 0.3) is 0 Å². The fourth-order valence-corrected chi connectivity index (χ4v) is 7.47. The van der Waals surface area contributed by atoms with Crippen LogP contribution in [0.3, 0.4) is 0 Å².